The molecular weight excluding hydrogens is 328 g/mol. The number of hydrogen-bond acceptors (Lipinski definition) is 2. The minimum absolute atomic E-state index is 0.135. The average Bonchev–Trinajstić information content (AvgIpc) is 2.51. The molecule has 0 radical (unpaired) electrons. The van der Waals surface area contributed by atoms with Crippen molar-refractivity contribution in [2.24, 2.45) is 5.92 Å². The Morgan fingerprint density at radius 2 is 1.95 bits per heavy atom. The van der Waals surface area contributed by atoms with Crippen LogP contribution in [-0.2, 0) is 6.54 Å². The van der Waals surface area contributed by atoms with Crippen molar-refractivity contribution in [3.63, 3.8) is 0 Å². The summed E-state index contributed by atoms with van der Waals surface area (Å²) < 4.78 is 3.00. The Bertz CT molecular complexity index is 738. The molecule has 4 rings (SSSR count). The van der Waals surface area contributed by atoms with Gasteiger partial charge in [0.2, 0.25) is 0 Å². The zero-order valence-corrected chi connectivity index (χ0v) is 13.3. The van der Waals surface area contributed by atoms with Crippen molar-refractivity contribution >= 4 is 21.7 Å². The van der Waals surface area contributed by atoms with Gasteiger partial charge in [0.05, 0.1) is 4.47 Å². The highest BCUT2D eigenvalue weighted by Crippen LogP contribution is 2.36. The van der Waals surface area contributed by atoms with Crippen LogP contribution >= 0.6 is 15.9 Å². The Morgan fingerprint density at radius 3 is 2.76 bits per heavy atom. The third-order valence-corrected chi connectivity index (χ3v) is 5.14. The lowest BCUT2D eigenvalue weighted by molar-refractivity contribution is 0.328. The SMILES string of the molecule is O=c1c(-c2ccccc2)cc(Br)c2n1CC1CCCN2C1. The lowest BCUT2D eigenvalue weighted by Gasteiger charge is -2.41. The fourth-order valence-corrected chi connectivity index (χ4v) is 4.30. The number of pyridine rings is 1. The van der Waals surface area contributed by atoms with Crippen molar-refractivity contribution in [2.75, 3.05) is 18.0 Å². The first-order valence-corrected chi connectivity index (χ1v) is 8.27. The summed E-state index contributed by atoms with van der Waals surface area (Å²) in [7, 11) is 0. The summed E-state index contributed by atoms with van der Waals surface area (Å²) in [5.41, 5.74) is 1.91. The normalized spacial score (nSPS) is 20.2. The third-order valence-electron chi connectivity index (χ3n) is 4.56. The van der Waals surface area contributed by atoms with Gasteiger partial charge in [-0.2, -0.15) is 0 Å². The summed E-state index contributed by atoms with van der Waals surface area (Å²) in [6, 6.07) is 11.9. The second-order valence-corrected chi connectivity index (χ2v) is 6.82. The maximum atomic E-state index is 12.9. The molecular formula is C17H17BrN2O. The Balaban J connectivity index is 1.92. The molecule has 2 bridgehead atoms. The minimum atomic E-state index is 0.135. The van der Waals surface area contributed by atoms with Crippen molar-refractivity contribution in [2.45, 2.75) is 19.4 Å². The van der Waals surface area contributed by atoms with Crippen LogP contribution in [0, 0.1) is 5.92 Å². The molecule has 2 aliphatic rings. The summed E-state index contributed by atoms with van der Waals surface area (Å²) in [6.45, 7) is 2.99. The minimum Gasteiger partial charge on any atom is -0.357 e. The Kier molecular flexibility index (Phi) is 3.14. The molecule has 0 saturated carbocycles. The highest BCUT2D eigenvalue weighted by Gasteiger charge is 2.30. The number of fused-ring (bicyclic) bond motifs is 4. The second kappa shape index (κ2) is 5.02. The van der Waals surface area contributed by atoms with Gasteiger partial charge in [-0.25, -0.2) is 0 Å². The van der Waals surface area contributed by atoms with E-state index in [1.807, 2.05) is 41.0 Å². The van der Waals surface area contributed by atoms with Gasteiger partial charge in [-0.1, -0.05) is 30.3 Å². The first kappa shape index (κ1) is 13.1. The van der Waals surface area contributed by atoms with E-state index >= 15 is 0 Å². The number of piperidine rings is 1. The van der Waals surface area contributed by atoms with Crippen molar-refractivity contribution in [1.82, 2.24) is 4.57 Å². The molecule has 21 heavy (non-hydrogen) atoms. The molecule has 1 unspecified atom stereocenters. The van der Waals surface area contributed by atoms with Gasteiger partial charge in [0.15, 0.2) is 0 Å². The van der Waals surface area contributed by atoms with Crippen LogP contribution in [-0.4, -0.2) is 17.7 Å². The van der Waals surface area contributed by atoms with Gasteiger partial charge in [0.1, 0.15) is 5.82 Å². The standard InChI is InChI=1S/C17H17BrN2O/c18-15-9-14(13-6-2-1-3-7-13)17(21)20-11-12-5-4-8-19(10-12)16(15)20/h1-3,6-7,9,12H,4-5,8,10-11H2. The van der Waals surface area contributed by atoms with E-state index in [1.165, 1.54) is 12.8 Å². The van der Waals surface area contributed by atoms with Crippen molar-refractivity contribution in [3.8, 4) is 11.1 Å². The molecule has 1 atom stereocenters. The largest absolute Gasteiger partial charge is 0.357 e. The number of aromatic nitrogens is 1. The number of anilines is 1. The highest BCUT2D eigenvalue weighted by atomic mass is 79.9. The van der Waals surface area contributed by atoms with Crippen LogP contribution < -0.4 is 10.5 Å². The molecule has 2 aromatic rings. The molecule has 1 saturated heterocycles. The first-order valence-electron chi connectivity index (χ1n) is 7.48. The van der Waals surface area contributed by atoms with Gasteiger partial charge in [0, 0.05) is 25.2 Å². The predicted octanol–water partition coefficient (Wildman–Crippen LogP) is 3.51. The van der Waals surface area contributed by atoms with E-state index in [9.17, 15) is 4.79 Å². The van der Waals surface area contributed by atoms with Gasteiger partial charge >= 0.3 is 0 Å². The van der Waals surface area contributed by atoms with E-state index in [-0.39, 0.29) is 5.56 Å². The zero-order valence-electron chi connectivity index (χ0n) is 11.8. The molecule has 1 aromatic heterocycles. The quantitative estimate of drug-likeness (QED) is 0.790. The monoisotopic (exact) mass is 344 g/mol. The Hall–Kier alpha value is -1.55. The van der Waals surface area contributed by atoms with Crippen LogP contribution in [0.3, 0.4) is 0 Å². The van der Waals surface area contributed by atoms with E-state index in [0.29, 0.717) is 5.92 Å². The maximum absolute atomic E-state index is 12.9. The smallest absolute Gasteiger partial charge is 0.260 e. The first-order chi connectivity index (χ1) is 10.2. The second-order valence-electron chi connectivity index (χ2n) is 5.97. The molecule has 1 aromatic carbocycles. The summed E-state index contributed by atoms with van der Waals surface area (Å²) in [5.74, 6) is 1.68. The number of rotatable bonds is 1. The fourth-order valence-electron chi connectivity index (χ4n) is 3.60. The Labute approximate surface area is 132 Å². The van der Waals surface area contributed by atoms with Gasteiger partial charge in [-0.15, -0.1) is 0 Å². The molecule has 2 aliphatic heterocycles. The highest BCUT2D eigenvalue weighted by molar-refractivity contribution is 9.10. The van der Waals surface area contributed by atoms with Crippen LogP contribution in [0.5, 0.6) is 0 Å². The van der Waals surface area contributed by atoms with Crippen LogP contribution in [0.15, 0.2) is 45.7 Å². The fraction of sp³-hybridized carbons (Fsp3) is 0.353. The molecule has 4 heteroatoms. The lowest BCUT2D eigenvalue weighted by Crippen LogP contribution is -2.46. The Morgan fingerprint density at radius 1 is 1.14 bits per heavy atom. The molecule has 0 spiro atoms. The van der Waals surface area contributed by atoms with Crippen LogP contribution in [0.1, 0.15) is 12.8 Å². The van der Waals surface area contributed by atoms with Crippen molar-refractivity contribution < 1.29 is 0 Å². The molecule has 0 aliphatic carbocycles. The molecule has 3 heterocycles. The maximum Gasteiger partial charge on any atom is 0.260 e. The number of nitrogens with zero attached hydrogens (tertiary/aromatic N) is 2. The third kappa shape index (κ3) is 2.13. The van der Waals surface area contributed by atoms with E-state index in [0.717, 1.165) is 41.1 Å². The van der Waals surface area contributed by atoms with E-state index in [1.54, 1.807) is 0 Å². The topological polar surface area (TPSA) is 25.2 Å². The van der Waals surface area contributed by atoms with Gasteiger partial charge < -0.3 is 4.90 Å². The van der Waals surface area contributed by atoms with Gasteiger partial charge in [0.25, 0.3) is 5.56 Å². The van der Waals surface area contributed by atoms with Crippen LogP contribution in [0.25, 0.3) is 11.1 Å². The summed E-state index contributed by atoms with van der Waals surface area (Å²) in [5, 5.41) is 0. The lowest BCUT2D eigenvalue weighted by atomic mass is 9.95. The molecule has 0 N–H and O–H groups in total. The van der Waals surface area contributed by atoms with E-state index < -0.39 is 0 Å². The van der Waals surface area contributed by atoms with Crippen molar-refractivity contribution in [3.05, 3.63) is 51.2 Å². The van der Waals surface area contributed by atoms with Crippen LogP contribution in [0.4, 0.5) is 5.82 Å². The zero-order chi connectivity index (χ0) is 14.4. The number of halogens is 1. The summed E-state index contributed by atoms with van der Waals surface area (Å²) in [6.07, 6.45) is 2.46. The molecule has 108 valence electrons. The van der Waals surface area contributed by atoms with Crippen molar-refractivity contribution in [1.29, 1.82) is 0 Å². The van der Waals surface area contributed by atoms with Gasteiger partial charge in [-0.05, 0) is 46.3 Å². The predicted molar refractivity (Wildman–Crippen MR) is 88.8 cm³/mol. The number of hydrogen-bond donors (Lipinski definition) is 0. The van der Waals surface area contributed by atoms with Crippen LogP contribution in [0.2, 0.25) is 0 Å². The van der Waals surface area contributed by atoms with Gasteiger partial charge in [-0.3, -0.25) is 9.36 Å². The molecule has 1 fully saturated rings. The average molecular weight is 345 g/mol. The van der Waals surface area contributed by atoms with E-state index in [4.69, 9.17) is 0 Å². The molecule has 0 amide bonds. The summed E-state index contributed by atoms with van der Waals surface area (Å²) in [4.78, 5) is 15.3. The summed E-state index contributed by atoms with van der Waals surface area (Å²) >= 11 is 3.69. The number of benzene rings is 1. The molecule has 3 nitrogen and oxygen atoms in total. The van der Waals surface area contributed by atoms with E-state index in [2.05, 4.69) is 20.8 Å².